The third-order valence-corrected chi connectivity index (χ3v) is 5.05. The molecule has 0 bridgehead atoms. The first-order chi connectivity index (χ1) is 12.0. The number of amides is 1. The van der Waals surface area contributed by atoms with Crippen LogP contribution in [-0.2, 0) is 4.79 Å². The van der Waals surface area contributed by atoms with Gasteiger partial charge >= 0.3 is 0 Å². The number of halogens is 1. The highest BCUT2D eigenvalue weighted by molar-refractivity contribution is 5.95. The number of hydrogen-bond donors (Lipinski definition) is 3. The van der Waals surface area contributed by atoms with Gasteiger partial charge in [-0.15, -0.1) is 12.4 Å². The topological polar surface area (TPSA) is 67.2 Å². The van der Waals surface area contributed by atoms with E-state index in [2.05, 4.69) is 29.7 Å². The lowest BCUT2D eigenvalue weighted by Gasteiger charge is -2.28. The minimum Gasteiger partial charge on any atom is -0.379 e. The summed E-state index contributed by atoms with van der Waals surface area (Å²) in [6.07, 6.45) is 1.47. The second kappa shape index (κ2) is 10.2. The fourth-order valence-electron chi connectivity index (χ4n) is 2.94. The summed E-state index contributed by atoms with van der Waals surface area (Å²) >= 11 is 0. The van der Waals surface area contributed by atoms with Crippen molar-refractivity contribution in [3.63, 3.8) is 0 Å². The van der Waals surface area contributed by atoms with Crippen LogP contribution in [-0.4, -0.2) is 12.5 Å². The first-order valence-electron chi connectivity index (χ1n) is 8.97. The van der Waals surface area contributed by atoms with Gasteiger partial charge in [-0.3, -0.25) is 4.79 Å². The lowest BCUT2D eigenvalue weighted by Crippen LogP contribution is -2.41. The monoisotopic (exact) mass is 375 g/mol. The van der Waals surface area contributed by atoms with Crippen LogP contribution >= 0.6 is 12.4 Å². The summed E-state index contributed by atoms with van der Waals surface area (Å²) in [4.78, 5) is 12.6. The number of nitrogens with one attached hydrogen (secondary N) is 2. The van der Waals surface area contributed by atoms with Gasteiger partial charge in [-0.2, -0.15) is 0 Å². The largest absolute Gasteiger partial charge is 0.379 e. The molecular formula is C21H30ClN3O. The molecular weight excluding hydrogens is 346 g/mol. The Balaban J connectivity index is 0.00000338. The predicted octanol–water partition coefficient (Wildman–Crippen LogP) is 4.99. The number of benzene rings is 2. The number of anilines is 2. The van der Waals surface area contributed by atoms with Crippen molar-refractivity contribution in [3.8, 4) is 0 Å². The van der Waals surface area contributed by atoms with E-state index in [0.717, 1.165) is 24.2 Å². The molecule has 0 aromatic heterocycles. The zero-order valence-corrected chi connectivity index (χ0v) is 16.6. The van der Waals surface area contributed by atoms with Crippen molar-refractivity contribution in [2.75, 3.05) is 17.2 Å². The molecule has 1 amide bonds. The molecule has 0 fully saturated rings. The molecule has 0 heterocycles. The Bertz CT molecular complexity index is 661. The van der Waals surface area contributed by atoms with Gasteiger partial charge in [0.05, 0.1) is 5.41 Å². The summed E-state index contributed by atoms with van der Waals surface area (Å²) in [7, 11) is 0. The van der Waals surface area contributed by atoms with Gasteiger partial charge in [-0.05, 0) is 49.6 Å². The molecule has 4 N–H and O–H groups in total. The van der Waals surface area contributed by atoms with Crippen molar-refractivity contribution in [2.45, 2.75) is 39.7 Å². The van der Waals surface area contributed by atoms with Crippen molar-refractivity contribution in [2.24, 2.45) is 11.1 Å². The third-order valence-electron chi connectivity index (χ3n) is 5.05. The molecule has 0 saturated carbocycles. The Hall–Kier alpha value is -2.04. The molecule has 0 spiro atoms. The zero-order chi connectivity index (χ0) is 18.3. The molecule has 0 aliphatic rings. The van der Waals surface area contributed by atoms with Gasteiger partial charge in [-0.1, -0.05) is 44.2 Å². The Labute approximate surface area is 163 Å². The van der Waals surface area contributed by atoms with E-state index in [1.165, 1.54) is 5.56 Å². The molecule has 1 atom stereocenters. The first-order valence-corrected chi connectivity index (χ1v) is 8.97. The normalized spacial score (nSPS) is 12.0. The van der Waals surface area contributed by atoms with Crippen LogP contribution in [0.4, 0.5) is 11.4 Å². The second-order valence-corrected chi connectivity index (χ2v) is 6.50. The van der Waals surface area contributed by atoms with E-state index < -0.39 is 5.41 Å². The van der Waals surface area contributed by atoms with Crippen molar-refractivity contribution < 1.29 is 4.79 Å². The highest BCUT2D eigenvalue weighted by Gasteiger charge is 2.33. The molecule has 0 aliphatic heterocycles. The summed E-state index contributed by atoms with van der Waals surface area (Å²) in [6, 6.07) is 18.3. The maximum atomic E-state index is 12.6. The van der Waals surface area contributed by atoms with Crippen LogP contribution in [0.2, 0.25) is 0 Å². The number of hydrogen-bond acceptors (Lipinski definition) is 3. The zero-order valence-electron chi connectivity index (χ0n) is 15.8. The van der Waals surface area contributed by atoms with Crippen LogP contribution < -0.4 is 16.4 Å². The Morgan fingerprint density at radius 3 is 2.04 bits per heavy atom. The van der Waals surface area contributed by atoms with E-state index in [1.807, 2.05) is 56.3 Å². The summed E-state index contributed by atoms with van der Waals surface area (Å²) in [5.74, 6) is -0.00152. The average Bonchev–Trinajstić information content (AvgIpc) is 2.66. The lowest BCUT2D eigenvalue weighted by atomic mass is 9.81. The highest BCUT2D eigenvalue weighted by Crippen LogP contribution is 2.27. The van der Waals surface area contributed by atoms with Crippen LogP contribution in [0, 0.1) is 5.41 Å². The van der Waals surface area contributed by atoms with Crippen molar-refractivity contribution in [3.05, 3.63) is 60.2 Å². The summed E-state index contributed by atoms with van der Waals surface area (Å²) in [5.41, 5.74) is 8.41. The van der Waals surface area contributed by atoms with Gasteiger partial charge in [0.15, 0.2) is 0 Å². The molecule has 0 aliphatic carbocycles. The molecule has 4 nitrogen and oxygen atoms in total. The van der Waals surface area contributed by atoms with Crippen molar-refractivity contribution >= 4 is 29.7 Å². The molecule has 0 saturated heterocycles. The average molecular weight is 376 g/mol. The van der Waals surface area contributed by atoms with Gasteiger partial charge in [0, 0.05) is 24.0 Å². The Kier molecular flexibility index (Phi) is 8.62. The number of carbonyl (C=O) groups is 1. The van der Waals surface area contributed by atoms with Gasteiger partial charge in [-0.25, -0.2) is 0 Å². The van der Waals surface area contributed by atoms with Gasteiger partial charge < -0.3 is 16.4 Å². The van der Waals surface area contributed by atoms with E-state index in [9.17, 15) is 4.79 Å². The number of carbonyl (C=O) groups excluding carboxylic acids is 1. The predicted molar refractivity (Wildman–Crippen MR) is 113 cm³/mol. The van der Waals surface area contributed by atoms with Crippen LogP contribution in [0.1, 0.15) is 45.2 Å². The van der Waals surface area contributed by atoms with E-state index >= 15 is 0 Å². The SMILES string of the molecule is CCC(CC)(CN)C(=O)Nc1ccc(NC(C)c2ccccc2)cc1.Cl. The maximum absolute atomic E-state index is 12.6. The number of nitrogens with two attached hydrogens (primary N) is 1. The maximum Gasteiger partial charge on any atom is 0.231 e. The number of rotatable bonds is 8. The molecule has 2 aromatic carbocycles. The van der Waals surface area contributed by atoms with Crippen LogP contribution in [0.15, 0.2) is 54.6 Å². The second-order valence-electron chi connectivity index (χ2n) is 6.50. The minimum absolute atomic E-state index is 0. The molecule has 2 rings (SSSR count). The van der Waals surface area contributed by atoms with E-state index in [4.69, 9.17) is 5.73 Å². The Morgan fingerprint density at radius 1 is 1.00 bits per heavy atom. The molecule has 26 heavy (non-hydrogen) atoms. The van der Waals surface area contributed by atoms with Gasteiger partial charge in [0.1, 0.15) is 0 Å². The van der Waals surface area contributed by atoms with Crippen LogP contribution in [0.5, 0.6) is 0 Å². The van der Waals surface area contributed by atoms with Crippen LogP contribution in [0.25, 0.3) is 0 Å². The summed E-state index contributed by atoms with van der Waals surface area (Å²) in [5, 5.41) is 6.47. The lowest BCUT2D eigenvalue weighted by molar-refractivity contribution is -0.125. The summed E-state index contributed by atoms with van der Waals surface area (Å²) in [6.45, 7) is 6.50. The van der Waals surface area contributed by atoms with Crippen LogP contribution in [0.3, 0.4) is 0 Å². The molecule has 142 valence electrons. The highest BCUT2D eigenvalue weighted by atomic mass is 35.5. The van der Waals surface area contributed by atoms with Gasteiger partial charge in [0.2, 0.25) is 5.91 Å². The fourth-order valence-corrected chi connectivity index (χ4v) is 2.94. The first kappa shape index (κ1) is 22.0. The van der Waals surface area contributed by atoms with E-state index in [0.29, 0.717) is 6.54 Å². The quantitative estimate of drug-likeness (QED) is 0.609. The minimum atomic E-state index is -0.487. The Morgan fingerprint density at radius 2 is 1.54 bits per heavy atom. The molecule has 5 heteroatoms. The summed E-state index contributed by atoms with van der Waals surface area (Å²) < 4.78 is 0. The van der Waals surface area contributed by atoms with Gasteiger partial charge in [0.25, 0.3) is 0 Å². The third kappa shape index (κ3) is 5.23. The smallest absolute Gasteiger partial charge is 0.231 e. The van der Waals surface area contributed by atoms with E-state index in [1.54, 1.807) is 0 Å². The van der Waals surface area contributed by atoms with E-state index in [-0.39, 0.29) is 24.4 Å². The van der Waals surface area contributed by atoms with Crippen molar-refractivity contribution in [1.29, 1.82) is 0 Å². The standard InChI is InChI=1S/C21H29N3O.ClH/c1-4-21(5-2,15-22)20(25)24-19-13-11-18(12-14-19)23-16(3)17-9-7-6-8-10-17;/h6-14,16,23H,4-5,15,22H2,1-3H3,(H,24,25);1H. The molecule has 2 aromatic rings. The van der Waals surface area contributed by atoms with Crippen molar-refractivity contribution in [1.82, 2.24) is 0 Å². The fraction of sp³-hybridized carbons (Fsp3) is 0.381. The molecule has 0 radical (unpaired) electrons. The molecule has 1 unspecified atom stereocenters.